The molecule has 1 fully saturated rings. The quantitative estimate of drug-likeness (QED) is 0.820. The van der Waals surface area contributed by atoms with Crippen LogP contribution in [0.2, 0.25) is 0 Å². The predicted molar refractivity (Wildman–Crippen MR) is 79.1 cm³/mol. The number of carbonyl (C=O) groups excluding carboxylic acids is 1. The van der Waals surface area contributed by atoms with Gasteiger partial charge in [-0.2, -0.15) is 0 Å². The zero-order valence-corrected chi connectivity index (χ0v) is 11.7. The Morgan fingerprint density at radius 1 is 1.32 bits per heavy atom. The number of rotatable bonds is 3. The molecule has 1 heterocycles. The Balaban J connectivity index is 2.19. The summed E-state index contributed by atoms with van der Waals surface area (Å²) in [5.41, 5.74) is 13.4. The summed E-state index contributed by atoms with van der Waals surface area (Å²) in [6.45, 7) is 6.48. The Morgan fingerprint density at radius 3 is 2.47 bits per heavy atom. The number of anilines is 2. The van der Waals surface area contributed by atoms with Crippen molar-refractivity contribution in [2.45, 2.75) is 26.7 Å². The molecule has 4 N–H and O–H groups in total. The van der Waals surface area contributed by atoms with E-state index in [1.807, 2.05) is 6.07 Å². The highest BCUT2D eigenvalue weighted by Crippen LogP contribution is 2.30. The van der Waals surface area contributed by atoms with Gasteiger partial charge in [0.1, 0.15) is 0 Å². The molecule has 1 amide bonds. The first-order chi connectivity index (χ1) is 8.99. The summed E-state index contributed by atoms with van der Waals surface area (Å²) >= 11 is 0. The molecule has 0 atom stereocenters. The number of amides is 1. The molecule has 0 unspecified atom stereocenters. The molecule has 1 aliphatic rings. The van der Waals surface area contributed by atoms with Gasteiger partial charge in [0.15, 0.2) is 0 Å². The van der Waals surface area contributed by atoms with E-state index in [4.69, 9.17) is 11.5 Å². The first-order valence-corrected chi connectivity index (χ1v) is 6.93. The lowest BCUT2D eigenvalue weighted by molar-refractivity contribution is 0.100. The standard InChI is InChI=1S/C15H23N3O/c1-10(2)11-5-7-18(8-6-11)14-9-12(16)3-4-13(14)15(17)19/h3-4,9-11H,5-8,16H2,1-2H3,(H2,17,19). The first kappa shape index (κ1) is 13.7. The Labute approximate surface area is 114 Å². The van der Waals surface area contributed by atoms with Gasteiger partial charge in [-0.05, 0) is 42.9 Å². The van der Waals surface area contributed by atoms with Gasteiger partial charge in [-0.25, -0.2) is 0 Å². The normalized spacial score (nSPS) is 16.9. The zero-order valence-electron chi connectivity index (χ0n) is 11.7. The number of hydrogen-bond donors (Lipinski definition) is 2. The average Bonchev–Trinajstić information content (AvgIpc) is 2.38. The molecular weight excluding hydrogens is 238 g/mol. The summed E-state index contributed by atoms with van der Waals surface area (Å²) in [7, 11) is 0. The molecule has 19 heavy (non-hydrogen) atoms. The minimum Gasteiger partial charge on any atom is -0.399 e. The topological polar surface area (TPSA) is 72.3 Å². The summed E-state index contributed by atoms with van der Waals surface area (Å²) in [5, 5.41) is 0. The molecular formula is C15H23N3O. The zero-order chi connectivity index (χ0) is 14.0. The van der Waals surface area contributed by atoms with Gasteiger partial charge >= 0.3 is 0 Å². The number of carbonyl (C=O) groups is 1. The van der Waals surface area contributed by atoms with Crippen LogP contribution in [0.15, 0.2) is 18.2 Å². The van der Waals surface area contributed by atoms with Gasteiger partial charge in [-0.1, -0.05) is 13.8 Å². The molecule has 1 aliphatic heterocycles. The van der Waals surface area contributed by atoms with E-state index in [1.54, 1.807) is 12.1 Å². The van der Waals surface area contributed by atoms with Crippen molar-refractivity contribution in [3.05, 3.63) is 23.8 Å². The van der Waals surface area contributed by atoms with Crippen molar-refractivity contribution in [3.63, 3.8) is 0 Å². The van der Waals surface area contributed by atoms with Gasteiger partial charge in [0.05, 0.1) is 11.3 Å². The van der Waals surface area contributed by atoms with Crippen LogP contribution in [0.25, 0.3) is 0 Å². The number of nitrogens with two attached hydrogens (primary N) is 2. The van der Waals surface area contributed by atoms with Crippen molar-refractivity contribution >= 4 is 17.3 Å². The molecule has 0 radical (unpaired) electrons. The van der Waals surface area contributed by atoms with Crippen molar-refractivity contribution in [1.82, 2.24) is 0 Å². The van der Waals surface area contributed by atoms with Crippen molar-refractivity contribution in [2.24, 2.45) is 17.6 Å². The molecule has 0 bridgehead atoms. The maximum Gasteiger partial charge on any atom is 0.250 e. The van der Waals surface area contributed by atoms with Crippen LogP contribution in [0.5, 0.6) is 0 Å². The van der Waals surface area contributed by atoms with Crippen LogP contribution < -0.4 is 16.4 Å². The molecule has 1 aromatic rings. The molecule has 0 aliphatic carbocycles. The molecule has 0 aromatic heterocycles. The Bertz CT molecular complexity index is 462. The Kier molecular flexibility index (Phi) is 3.98. The van der Waals surface area contributed by atoms with Crippen molar-refractivity contribution in [3.8, 4) is 0 Å². The monoisotopic (exact) mass is 261 g/mol. The highest BCUT2D eigenvalue weighted by atomic mass is 16.1. The highest BCUT2D eigenvalue weighted by molar-refractivity contribution is 5.99. The third-order valence-corrected chi connectivity index (χ3v) is 4.11. The maximum absolute atomic E-state index is 11.5. The van der Waals surface area contributed by atoms with Gasteiger partial charge < -0.3 is 16.4 Å². The van der Waals surface area contributed by atoms with E-state index >= 15 is 0 Å². The van der Waals surface area contributed by atoms with Crippen LogP contribution in [-0.2, 0) is 0 Å². The van der Waals surface area contributed by atoms with E-state index in [9.17, 15) is 4.79 Å². The van der Waals surface area contributed by atoms with Crippen LogP contribution in [0.1, 0.15) is 37.0 Å². The molecule has 4 heteroatoms. The second-order valence-electron chi connectivity index (χ2n) is 5.71. The van der Waals surface area contributed by atoms with E-state index in [0.29, 0.717) is 11.3 Å². The third kappa shape index (κ3) is 3.00. The average molecular weight is 261 g/mol. The number of nitrogens with zero attached hydrogens (tertiary/aromatic N) is 1. The lowest BCUT2D eigenvalue weighted by Crippen LogP contribution is -2.36. The summed E-state index contributed by atoms with van der Waals surface area (Å²) in [4.78, 5) is 13.7. The largest absolute Gasteiger partial charge is 0.399 e. The fourth-order valence-electron chi connectivity index (χ4n) is 2.83. The second-order valence-corrected chi connectivity index (χ2v) is 5.71. The molecule has 0 saturated carbocycles. The summed E-state index contributed by atoms with van der Waals surface area (Å²) in [6, 6.07) is 5.31. The minimum atomic E-state index is -0.388. The van der Waals surface area contributed by atoms with Crippen LogP contribution in [0.4, 0.5) is 11.4 Å². The van der Waals surface area contributed by atoms with Crippen LogP contribution in [-0.4, -0.2) is 19.0 Å². The Morgan fingerprint density at radius 2 is 1.95 bits per heavy atom. The fraction of sp³-hybridized carbons (Fsp3) is 0.533. The van der Waals surface area contributed by atoms with Crippen molar-refractivity contribution in [2.75, 3.05) is 23.7 Å². The summed E-state index contributed by atoms with van der Waals surface area (Å²) < 4.78 is 0. The van der Waals surface area contributed by atoms with E-state index in [1.165, 1.54) is 0 Å². The summed E-state index contributed by atoms with van der Waals surface area (Å²) in [5.74, 6) is 1.11. The van der Waals surface area contributed by atoms with Gasteiger partial charge in [-0.15, -0.1) is 0 Å². The summed E-state index contributed by atoms with van der Waals surface area (Å²) in [6.07, 6.45) is 2.31. The van der Waals surface area contributed by atoms with Gasteiger partial charge in [-0.3, -0.25) is 4.79 Å². The number of piperidine rings is 1. The molecule has 0 spiro atoms. The smallest absolute Gasteiger partial charge is 0.250 e. The fourth-order valence-corrected chi connectivity index (χ4v) is 2.83. The first-order valence-electron chi connectivity index (χ1n) is 6.93. The van der Waals surface area contributed by atoms with Gasteiger partial charge in [0.25, 0.3) is 5.91 Å². The van der Waals surface area contributed by atoms with E-state index in [0.717, 1.165) is 43.5 Å². The lowest BCUT2D eigenvalue weighted by atomic mass is 9.86. The molecule has 2 rings (SSSR count). The molecule has 1 aromatic carbocycles. The number of nitrogen functional groups attached to an aromatic ring is 1. The van der Waals surface area contributed by atoms with E-state index in [2.05, 4.69) is 18.7 Å². The predicted octanol–water partition coefficient (Wildman–Crippen LogP) is 2.24. The van der Waals surface area contributed by atoms with Gasteiger partial charge in [0.2, 0.25) is 0 Å². The lowest BCUT2D eigenvalue weighted by Gasteiger charge is -2.36. The van der Waals surface area contributed by atoms with Gasteiger partial charge in [0, 0.05) is 18.8 Å². The van der Waals surface area contributed by atoms with E-state index in [-0.39, 0.29) is 5.91 Å². The minimum absolute atomic E-state index is 0.388. The van der Waals surface area contributed by atoms with E-state index < -0.39 is 0 Å². The van der Waals surface area contributed by atoms with Crippen LogP contribution in [0, 0.1) is 11.8 Å². The van der Waals surface area contributed by atoms with Crippen molar-refractivity contribution < 1.29 is 4.79 Å². The molecule has 1 saturated heterocycles. The molecule has 104 valence electrons. The number of benzene rings is 1. The second kappa shape index (κ2) is 5.51. The highest BCUT2D eigenvalue weighted by Gasteiger charge is 2.24. The van der Waals surface area contributed by atoms with Crippen molar-refractivity contribution in [1.29, 1.82) is 0 Å². The third-order valence-electron chi connectivity index (χ3n) is 4.11. The maximum atomic E-state index is 11.5. The molecule has 4 nitrogen and oxygen atoms in total. The van der Waals surface area contributed by atoms with Crippen LogP contribution in [0.3, 0.4) is 0 Å². The number of hydrogen-bond acceptors (Lipinski definition) is 3. The number of primary amides is 1. The SMILES string of the molecule is CC(C)C1CCN(c2cc(N)ccc2C(N)=O)CC1. The Hall–Kier alpha value is -1.71. The van der Waals surface area contributed by atoms with Crippen LogP contribution >= 0.6 is 0 Å².